The molecule has 10 heteroatoms. The van der Waals surface area contributed by atoms with Crippen LogP contribution in [0.4, 0.5) is 10.5 Å². The van der Waals surface area contributed by atoms with E-state index in [0.717, 1.165) is 37.2 Å². The Kier molecular flexibility index (Phi) is 10.9. The predicted octanol–water partition coefficient (Wildman–Crippen LogP) is 4.20. The Morgan fingerprint density at radius 3 is 2.03 bits per heavy atom. The predicted molar refractivity (Wildman–Crippen MR) is 147 cm³/mol. The zero-order valence-electron chi connectivity index (χ0n) is 20.2. The van der Waals surface area contributed by atoms with E-state index in [1.165, 1.54) is 0 Å². The smallest absolute Gasteiger partial charge is 0.320 e. The van der Waals surface area contributed by atoms with Crippen LogP contribution in [0.5, 0.6) is 0 Å². The second-order valence-electron chi connectivity index (χ2n) is 9.17. The molecule has 0 radical (unpaired) electrons. The highest BCUT2D eigenvalue weighted by Gasteiger charge is 2.34. The molecule has 8 nitrogen and oxygen atoms in total. The minimum absolute atomic E-state index is 0. The zero-order chi connectivity index (χ0) is 24.1. The molecule has 2 fully saturated rings. The summed E-state index contributed by atoms with van der Waals surface area (Å²) >= 11 is 0. The highest BCUT2D eigenvalue weighted by molar-refractivity contribution is 5.95. The van der Waals surface area contributed by atoms with Crippen molar-refractivity contribution in [1.82, 2.24) is 9.80 Å². The van der Waals surface area contributed by atoms with Crippen molar-refractivity contribution in [3.8, 4) is 0 Å². The van der Waals surface area contributed by atoms with Crippen molar-refractivity contribution >= 4 is 48.3 Å². The quantitative estimate of drug-likeness (QED) is 0.378. The number of amides is 2. The molecule has 1 aliphatic heterocycles. The van der Waals surface area contributed by atoms with Gasteiger partial charge in [0.05, 0.1) is 5.92 Å². The van der Waals surface area contributed by atoms with Crippen LogP contribution in [0.25, 0.3) is 0 Å². The molecule has 1 aliphatic carbocycles. The molecule has 4 rings (SSSR count). The number of rotatable bonds is 6. The lowest BCUT2D eigenvalue weighted by Gasteiger charge is -2.42. The van der Waals surface area contributed by atoms with Gasteiger partial charge in [-0.25, -0.2) is 4.79 Å². The van der Waals surface area contributed by atoms with E-state index in [1.54, 1.807) is 0 Å². The van der Waals surface area contributed by atoms with Crippen molar-refractivity contribution in [3.05, 3.63) is 65.7 Å². The molecule has 2 amide bonds. The van der Waals surface area contributed by atoms with Crippen LogP contribution in [0, 0.1) is 11.3 Å². The van der Waals surface area contributed by atoms with Gasteiger partial charge in [0.1, 0.15) is 5.84 Å². The summed E-state index contributed by atoms with van der Waals surface area (Å²) in [5, 5.41) is 16.9. The highest BCUT2D eigenvalue weighted by atomic mass is 35.5. The molecule has 1 saturated carbocycles. The van der Waals surface area contributed by atoms with Crippen LogP contribution in [0.2, 0.25) is 0 Å². The summed E-state index contributed by atoms with van der Waals surface area (Å²) in [6.45, 7) is 3.26. The zero-order valence-corrected chi connectivity index (χ0v) is 21.8. The largest absolute Gasteiger partial charge is 0.481 e. The Bertz CT molecular complexity index is 1010. The summed E-state index contributed by atoms with van der Waals surface area (Å²) in [4.78, 5) is 31.2. The molecular weight excluding hydrogens is 501 g/mol. The minimum atomic E-state index is -0.730. The summed E-state index contributed by atoms with van der Waals surface area (Å²) in [5.74, 6) is -0.979. The molecular formula is C26H35Cl2N5O3. The fourth-order valence-corrected chi connectivity index (χ4v) is 4.96. The summed E-state index contributed by atoms with van der Waals surface area (Å²) in [6.07, 6.45) is 2.67. The van der Waals surface area contributed by atoms with Gasteiger partial charge in [0.2, 0.25) is 0 Å². The number of hydrogen-bond acceptors (Lipinski definition) is 4. The van der Waals surface area contributed by atoms with E-state index in [1.807, 2.05) is 64.4 Å². The number of halogens is 2. The second-order valence-corrected chi connectivity index (χ2v) is 9.17. The van der Waals surface area contributed by atoms with Crippen LogP contribution in [0.3, 0.4) is 0 Å². The number of carboxylic acids is 1. The molecule has 0 unspecified atom stereocenters. The van der Waals surface area contributed by atoms with Gasteiger partial charge in [-0.2, -0.15) is 0 Å². The van der Waals surface area contributed by atoms with E-state index in [4.69, 9.17) is 11.1 Å². The maximum absolute atomic E-state index is 13.7. The van der Waals surface area contributed by atoms with E-state index < -0.39 is 5.97 Å². The fourth-order valence-electron chi connectivity index (χ4n) is 4.96. The number of carbonyl (C=O) groups is 2. The van der Waals surface area contributed by atoms with Crippen LogP contribution in [-0.2, 0) is 11.3 Å². The third-order valence-electron chi connectivity index (χ3n) is 7.02. The lowest BCUT2D eigenvalue weighted by Crippen LogP contribution is -2.55. The SMILES string of the molecule is Cl.Cl.N=C(N)c1ccc(N2CCN(C(=O)N(Cc3ccccc3)C3CCC(C(=O)O)CC3)CC2)cc1. The summed E-state index contributed by atoms with van der Waals surface area (Å²) < 4.78 is 0. The highest BCUT2D eigenvalue weighted by Crippen LogP contribution is 2.30. The number of nitrogens with two attached hydrogens (primary N) is 1. The number of anilines is 1. The molecule has 0 aromatic heterocycles. The molecule has 196 valence electrons. The monoisotopic (exact) mass is 535 g/mol. The number of amidine groups is 1. The first-order valence-electron chi connectivity index (χ1n) is 11.9. The summed E-state index contributed by atoms with van der Waals surface area (Å²) in [5.41, 5.74) is 8.40. The average Bonchev–Trinajstić information content (AvgIpc) is 2.88. The van der Waals surface area contributed by atoms with E-state index >= 15 is 0 Å². The molecule has 1 heterocycles. The lowest BCUT2D eigenvalue weighted by atomic mass is 9.85. The minimum Gasteiger partial charge on any atom is -0.481 e. The Morgan fingerprint density at radius 1 is 0.917 bits per heavy atom. The first kappa shape index (κ1) is 29.3. The number of nitrogen functional groups attached to an aromatic ring is 1. The number of carbonyl (C=O) groups excluding carboxylic acids is 1. The maximum atomic E-state index is 13.7. The van der Waals surface area contributed by atoms with Gasteiger partial charge in [-0.05, 0) is 55.5 Å². The lowest BCUT2D eigenvalue weighted by molar-refractivity contribution is -0.143. The van der Waals surface area contributed by atoms with Crippen LogP contribution in [0.15, 0.2) is 54.6 Å². The number of nitrogens with zero attached hydrogens (tertiary/aromatic N) is 3. The van der Waals surface area contributed by atoms with Gasteiger partial charge in [0.15, 0.2) is 0 Å². The van der Waals surface area contributed by atoms with Crippen LogP contribution < -0.4 is 10.6 Å². The van der Waals surface area contributed by atoms with Gasteiger partial charge >= 0.3 is 12.0 Å². The topological polar surface area (TPSA) is 114 Å². The van der Waals surface area contributed by atoms with E-state index in [9.17, 15) is 14.7 Å². The van der Waals surface area contributed by atoms with Crippen molar-refractivity contribution in [2.75, 3.05) is 31.1 Å². The first-order chi connectivity index (χ1) is 16.4. The van der Waals surface area contributed by atoms with E-state index in [0.29, 0.717) is 38.0 Å². The van der Waals surface area contributed by atoms with Crippen molar-refractivity contribution < 1.29 is 14.7 Å². The molecule has 2 aromatic rings. The standard InChI is InChI=1S/C26H33N5O3.2ClH/c27-24(28)20-6-10-22(11-7-20)29-14-16-30(17-15-29)26(34)31(18-19-4-2-1-3-5-19)23-12-8-21(9-13-23)25(32)33;;/h1-7,10-11,21,23H,8-9,12-18H2,(H3,27,28)(H,32,33);2*1H. The molecule has 2 aliphatic rings. The van der Waals surface area contributed by atoms with Crippen LogP contribution >= 0.6 is 24.8 Å². The molecule has 2 aromatic carbocycles. The number of piperazine rings is 1. The van der Waals surface area contributed by atoms with Gasteiger partial charge in [0, 0.05) is 50.0 Å². The Balaban J connectivity index is 0.00000228. The van der Waals surface area contributed by atoms with E-state index in [-0.39, 0.29) is 48.6 Å². The normalized spacial score (nSPS) is 19.4. The molecule has 1 saturated heterocycles. The van der Waals surface area contributed by atoms with Gasteiger partial charge in [0.25, 0.3) is 0 Å². The summed E-state index contributed by atoms with van der Waals surface area (Å²) in [7, 11) is 0. The fraction of sp³-hybridized carbons (Fsp3) is 0.423. The first-order valence-corrected chi connectivity index (χ1v) is 11.9. The van der Waals surface area contributed by atoms with Crippen molar-refractivity contribution in [2.45, 2.75) is 38.3 Å². The second kappa shape index (κ2) is 13.4. The van der Waals surface area contributed by atoms with Gasteiger partial charge in [-0.1, -0.05) is 30.3 Å². The third-order valence-corrected chi connectivity index (χ3v) is 7.02. The van der Waals surface area contributed by atoms with E-state index in [2.05, 4.69) is 4.90 Å². The van der Waals surface area contributed by atoms with Crippen molar-refractivity contribution in [1.29, 1.82) is 5.41 Å². The van der Waals surface area contributed by atoms with Gasteiger partial charge < -0.3 is 25.5 Å². The van der Waals surface area contributed by atoms with Gasteiger partial charge in [-0.15, -0.1) is 24.8 Å². The molecule has 0 atom stereocenters. The molecule has 36 heavy (non-hydrogen) atoms. The van der Waals surface area contributed by atoms with Gasteiger partial charge in [-0.3, -0.25) is 10.2 Å². The third kappa shape index (κ3) is 7.04. The average molecular weight is 537 g/mol. The number of hydrogen-bond donors (Lipinski definition) is 3. The summed E-state index contributed by atoms with van der Waals surface area (Å²) in [6, 6.07) is 17.7. The number of aliphatic carboxylic acids is 1. The maximum Gasteiger partial charge on any atom is 0.320 e. The van der Waals surface area contributed by atoms with Crippen molar-refractivity contribution in [3.63, 3.8) is 0 Å². The van der Waals surface area contributed by atoms with Crippen molar-refractivity contribution in [2.24, 2.45) is 11.7 Å². The number of urea groups is 1. The van der Waals surface area contributed by atoms with Crippen LogP contribution in [0.1, 0.15) is 36.8 Å². The molecule has 0 spiro atoms. The molecule has 4 N–H and O–H groups in total. The Morgan fingerprint density at radius 2 is 1.50 bits per heavy atom. The molecule has 0 bridgehead atoms. The Labute approximate surface area is 224 Å². The number of nitrogens with one attached hydrogen (secondary N) is 1. The number of carboxylic acid groups (broad SMARTS) is 1. The number of benzene rings is 2. The Hall–Kier alpha value is -2.97. The van der Waals surface area contributed by atoms with Crippen LogP contribution in [-0.4, -0.2) is 65.0 Å².